The molecular weight excluding hydrogens is 476 g/mol. The van der Waals surface area contributed by atoms with Crippen LogP contribution in [0.2, 0.25) is 0 Å². The van der Waals surface area contributed by atoms with Crippen molar-refractivity contribution in [2.24, 2.45) is 11.8 Å². The summed E-state index contributed by atoms with van der Waals surface area (Å²) in [5.74, 6) is -0.146. The van der Waals surface area contributed by atoms with Gasteiger partial charge in [-0.15, -0.1) is 0 Å². The van der Waals surface area contributed by atoms with Gasteiger partial charge in [-0.2, -0.15) is 0 Å². The second kappa shape index (κ2) is 12.2. The number of carbonyl (C=O) groups is 3. The van der Waals surface area contributed by atoms with Crippen molar-refractivity contribution in [1.82, 2.24) is 20.4 Å². The summed E-state index contributed by atoms with van der Waals surface area (Å²) in [6.45, 7) is 6.06. The molecule has 1 saturated carbocycles. The summed E-state index contributed by atoms with van der Waals surface area (Å²) in [5.41, 5.74) is 2.52. The van der Waals surface area contributed by atoms with Gasteiger partial charge in [-0.05, 0) is 75.0 Å². The van der Waals surface area contributed by atoms with E-state index in [2.05, 4.69) is 33.7 Å². The minimum atomic E-state index is -0.546. The normalized spacial score (nSPS) is 27.6. The molecule has 3 fully saturated rings. The molecule has 0 spiro atoms. The average molecular weight is 523 g/mol. The van der Waals surface area contributed by atoms with Crippen molar-refractivity contribution in [3.8, 4) is 0 Å². The number of piperazine rings is 1. The second-order valence-corrected chi connectivity index (χ2v) is 12.1. The van der Waals surface area contributed by atoms with Crippen LogP contribution in [0.4, 0.5) is 0 Å². The van der Waals surface area contributed by atoms with Gasteiger partial charge in [0.15, 0.2) is 0 Å². The summed E-state index contributed by atoms with van der Waals surface area (Å²) in [4.78, 5) is 45.6. The molecule has 7 nitrogen and oxygen atoms in total. The molecule has 208 valence electrons. The van der Waals surface area contributed by atoms with Gasteiger partial charge in [-0.25, -0.2) is 0 Å². The van der Waals surface area contributed by atoms with E-state index in [-0.39, 0.29) is 35.6 Å². The zero-order valence-electron chi connectivity index (χ0n) is 23.3. The summed E-state index contributed by atoms with van der Waals surface area (Å²) >= 11 is 0. The van der Waals surface area contributed by atoms with Crippen molar-refractivity contribution < 1.29 is 14.4 Å². The lowest BCUT2D eigenvalue weighted by Gasteiger charge is -2.45. The van der Waals surface area contributed by atoms with Crippen molar-refractivity contribution in [2.75, 3.05) is 19.6 Å². The molecule has 1 aromatic carbocycles. The lowest BCUT2D eigenvalue weighted by Crippen LogP contribution is -2.66. The van der Waals surface area contributed by atoms with Crippen LogP contribution in [0.25, 0.3) is 0 Å². The first-order valence-corrected chi connectivity index (χ1v) is 15.2. The largest absolute Gasteiger partial charge is 0.347 e. The van der Waals surface area contributed by atoms with E-state index in [1.165, 1.54) is 17.5 Å². The number of rotatable bonds is 7. The number of hydrogen-bond acceptors (Lipinski definition) is 4. The maximum absolute atomic E-state index is 14.4. The predicted octanol–water partition coefficient (Wildman–Crippen LogP) is 3.97. The first-order valence-electron chi connectivity index (χ1n) is 15.2. The van der Waals surface area contributed by atoms with Gasteiger partial charge in [0, 0.05) is 25.0 Å². The quantitative estimate of drug-likeness (QED) is 0.568. The smallest absolute Gasteiger partial charge is 0.246 e. The highest BCUT2D eigenvalue weighted by Gasteiger charge is 2.45. The number of fused-ring (bicyclic) bond motifs is 2. The first-order chi connectivity index (χ1) is 18.5. The molecule has 2 aliphatic heterocycles. The molecule has 3 amide bonds. The Balaban J connectivity index is 1.38. The maximum atomic E-state index is 14.4. The third-order valence-corrected chi connectivity index (χ3v) is 9.71. The lowest BCUT2D eigenvalue weighted by atomic mass is 9.82. The standard InChI is InChI=1S/C31H46N4O3/c1-3-21(2)29(36)33-28(23-12-5-4-6-13-23)31(38)35-19-24-15-10-18-34(24)20-27(35)30(37)32-26-17-9-14-22-11-7-8-16-25(22)26/h7-8,11,16,21,23-24,26-28H,3-6,9-10,12-15,17-20H2,1-2H3,(H,32,37)(H,33,36)/t21-,24+,26-,27+,28+/m1/s1. The number of carbonyl (C=O) groups excluding carboxylic acids is 3. The minimum absolute atomic E-state index is 0.0139. The summed E-state index contributed by atoms with van der Waals surface area (Å²) in [7, 11) is 0. The van der Waals surface area contributed by atoms with E-state index in [9.17, 15) is 14.4 Å². The first kappa shape index (κ1) is 27.2. The van der Waals surface area contributed by atoms with Crippen LogP contribution >= 0.6 is 0 Å². The number of amides is 3. The highest BCUT2D eigenvalue weighted by molar-refractivity contribution is 5.93. The van der Waals surface area contributed by atoms with Crippen LogP contribution in [0.1, 0.15) is 95.2 Å². The zero-order chi connectivity index (χ0) is 26.6. The number of nitrogens with one attached hydrogen (secondary N) is 2. The molecule has 0 radical (unpaired) electrons. The number of benzene rings is 1. The molecule has 2 saturated heterocycles. The van der Waals surface area contributed by atoms with Crippen molar-refractivity contribution in [3.05, 3.63) is 35.4 Å². The van der Waals surface area contributed by atoms with E-state index in [4.69, 9.17) is 0 Å². The lowest BCUT2D eigenvalue weighted by molar-refractivity contribution is -0.149. The van der Waals surface area contributed by atoms with Crippen molar-refractivity contribution >= 4 is 17.7 Å². The summed E-state index contributed by atoms with van der Waals surface area (Å²) in [6, 6.07) is 7.61. The van der Waals surface area contributed by atoms with E-state index < -0.39 is 12.1 Å². The number of aryl methyl sites for hydroxylation is 1. The van der Waals surface area contributed by atoms with Crippen molar-refractivity contribution in [2.45, 2.75) is 109 Å². The molecular formula is C31H46N4O3. The molecule has 0 bridgehead atoms. The zero-order valence-corrected chi connectivity index (χ0v) is 23.3. The van der Waals surface area contributed by atoms with Gasteiger partial charge in [-0.1, -0.05) is 57.4 Å². The Morgan fingerprint density at radius 2 is 1.76 bits per heavy atom. The minimum Gasteiger partial charge on any atom is -0.347 e. The molecule has 5 atom stereocenters. The average Bonchev–Trinajstić information content (AvgIpc) is 3.42. The molecule has 5 rings (SSSR count). The van der Waals surface area contributed by atoms with Crippen LogP contribution in [0.3, 0.4) is 0 Å². The van der Waals surface area contributed by atoms with Crippen molar-refractivity contribution in [3.63, 3.8) is 0 Å². The molecule has 38 heavy (non-hydrogen) atoms. The Morgan fingerprint density at radius 3 is 2.55 bits per heavy atom. The Kier molecular flexibility index (Phi) is 8.71. The predicted molar refractivity (Wildman–Crippen MR) is 148 cm³/mol. The van der Waals surface area contributed by atoms with Gasteiger partial charge in [0.25, 0.3) is 0 Å². The number of hydrogen-bond donors (Lipinski definition) is 2. The van der Waals surface area contributed by atoms with Crippen LogP contribution in [0.15, 0.2) is 24.3 Å². The molecule has 1 aromatic rings. The van der Waals surface area contributed by atoms with Gasteiger partial charge in [0.2, 0.25) is 17.7 Å². The SMILES string of the molecule is CC[C@@H](C)C(=O)N[C@H](C(=O)N1C[C@@H]2CCCN2C[C@H]1C(=O)N[C@@H]1CCCc2ccccc21)C1CCCCC1. The van der Waals surface area contributed by atoms with Gasteiger partial charge in [-0.3, -0.25) is 19.3 Å². The van der Waals surface area contributed by atoms with Gasteiger partial charge in [0.1, 0.15) is 12.1 Å². The molecule has 2 aliphatic carbocycles. The maximum Gasteiger partial charge on any atom is 0.246 e. The van der Waals surface area contributed by atoms with E-state index in [1.54, 1.807) is 0 Å². The summed E-state index contributed by atoms with van der Waals surface area (Å²) < 4.78 is 0. The van der Waals surface area contributed by atoms with E-state index in [0.29, 0.717) is 19.1 Å². The Morgan fingerprint density at radius 1 is 0.974 bits per heavy atom. The fourth-order valence-corrected chi connectivity index (χ4v) is 7.17. The van der Waals surface area contributed by atoms with Crippen LogP contribution in [0, 0.1) is 11.8 Å². The molecule has 2 heterocycles. The Hall–Kier alpha value is -2.41. The van der Waals surface area contributed by atoms with E-state index in [0.717, 1.165) is 70.8 Å². The van der Waals surface area contributed by atoms with Crippen molar-refractivity contribution in [1.29, 1.82) is 0 Å². The Labute approximate surface area is 228 Å². The van der Waals surface area contributed by atoms with E-state index >= 15 is 0 Å². The van der Waals surface area contributed by atoms with Gasteiger partial charge < -0.3 is 15.5 Å². The Bertz CT molecular complexity index is 1010. The van der Waals surface area contributed by atoms with Crippen LogP contribution in [0.5, 0.6) is 0 Å². The van der Waals surface area contributed by atoms with Gasteiger partial charge in [0.05, 0.1) is 6.04 Å². The summed E-state index contributed by atoms with van der Waals surface area (Å²) in [6.07, 6.45) is 11.2. The molecule has 0 unspecified atom stereocenters. The molecule has 0 aromatic heterocycles. The highest BCUT2D eigenvalue weighted by Crippen LogP contribution is 2.33. The third-order valence-electron chi connectivity index (χ3n) is 9.71. The second-order valence-electron chi connectivity index (χ2n) is 12.1. The highest BCUT2D eigenvalue weighted by atomic mass is 16.2. The third kappa shape index (κ3) is 5.78. The van der Waals surface area contributed by atoms with E-state index in [1.807, 2.05) is 24.8 Å². The summed E-state index contributed by atoms with van der Waals surface area (Å²) in [5, 5.41) is 6.52. The van der Waals surface area contributed by atoms with Crippen LogP contribution in [-0.4, -0.2) is 65.3 Å². The van der Waals surface area contributed by atoms with Crippen LogP contribution in [-0.2, 0) is 20.8 Å². The molecule has 7 heteroatoms. The fraction of sp³-hybridized carbons (Fsp3) is 0.710. The molecule has 4 aliphatic rings. The van der Waals surface area contributed by atoms with Crippen LogP contribution < -0.4 is 10.6 Å². The van der Waals surface area contributed by atoms with Gasteiger partial charge >= 0.3 is 0 Å². The monoisotopic (exact) mass is 522 g/mol. The molecule has 2 N–H and O–H groups in total. The topological polar surface area (TPSA) is 81.8 Å². The fourth-order valence-electron chi connectivity index (χ4n) is 7.17. The number of nitrogens with zero attached hydrogens (tertiary/aromatic N) is 2.